The minimum absolute atomic E-state index is 0.133. The van der Waals surface area contributed by atoms with Gasteiger partial charge in [0.1, 0.15) is 16.4 Å². The van der Waals surface area contributed by atoms with E-state index in [4.69, 9.17) is 16.0 Å². The molecule has 110 valence electrons. The molecule has 0 fully saturated rings. The van der Waals surface area contributed by atoms with Crippen LogP contribution in [0.1, 0.15) is 39.2 Å². The molecule has 6 heteroatoms. The molecule has 0 aliphatic carbocycles. The highest BCUT2D eigenvalue weighted by Crippen LogP contribution is 2.30. The van der Waals surface area contributed by atoms with Gasteiger partial charge < -0.3 is 4.42 Å². The van der Waals surface area contributed by atoms with Crippen LogP contribution in [-0.2, 0) is 15.9 Å². The zero-order valence-corrected chi connectivity index (χ0v) is 13.9. The van der Waals surface area contributed by atoms with Crippen molar-refractivity contribution in [2.75, 3.05) is 7.05 Å². The predicted molar refractivity (Wildman–Crippen MR) is 76.9 cm³/mol. The summed E-state index contributed by atoms with van der Waals surface area (Å²) in [6.07, 6.45) is 0. The molecule has 1 aromatic heterocycles. The van der Waals surface area contributed by atoms with Gasteiger partial charge in [-0.05, 0) is 19.3 Å². The number of aryl methyl sites for hydroxylation is 1. The number of alkyl halides is 1. The number of rotatable bonds is 4. The molecule has 1 unspecified atom stereocenters. The van der Waals surface area contributed by atoms with Crippen LogP contribution in [0.4, 0.5) is 0 Å². The van der Waals surface area contributed by atoms with Crippen LogP contribution in [0.15, 0.2) is 15.4 Å². The van der Waals surface area contributed by atoms with Gasteiger partial charge >= 0.3 is 0 Å². The first-order chi connectivity index (χ1) is 8.51. The Labute approximate surface area is 120 Å². The molecular formula is C13H22ClNO3S. The number of hydrogen-bond donors (Lipinski definition) is 0. The molecule has 1 heterocycles. The molecule has 0 aromatic carbocycles. The molecule has 1 rings (SSSR count). The van der Waals surface area contributed by atoms with Crippen molar-refractivity contribution in [2.45, 2.75) is 51.4 Å². The molecule has 0 bridgehead atoms. The summed E-state index contributed by atoms with van der Waals surface area (Å²) in [6.45, 7) is 9.57. The van der Waals surface area contributed by atoms with Gasteiger partial charge in [0.25, 0.3) is 0 Å². The van der Waals surface area contributed by atoms with Crippen molar-refractivity contribution in [1.29, 1.82) is 0 Å². The van der Waals surface area contributed by atoms with E-state index in [0.29, 0.717) is 11.5 Å². The first kappa shape index (κ1) is 16.5. The molecule has 1 atom stereocenters. The fraction of sp³-hybridized carbons (Fsp3) is 0.692. The maximum absolute atomic E-state index is 12.6. The summed E-state index contributed by atoms with van der Waals surface area (Å²) in [6, 6.07) is 1.37. The predicted octanol–water partition coefficient (Wildman–Crippen LogP) is 3.38. The molecular weight excluding hydrogens is 286 g/mol. The van der Waals surface area contributed by atoms with Gasteiger partial charge in [0, 0.05) is 19.2 Å². The largest absolute Gasteiger partial charge is 0.464 e. The first-order valence-electron chi connectivity index (χ1n) is 6.15. The summed E-state index contributed by atoms with van der Waals surface area (Å²) in [5.41, 5.74) is -0.144. The molecule has 0 aliphatic rings. The molecule has 0 N–H and O–H groups in total. The number of sulfonamides is 1. The van der Waals surface area contributed by atoms with Gasteiger partial charge in [0.15, 0.2) is 0 Å². The van der Waals surface area contributed by atoms with Crippen molar-refractivity contribution in [3.63, 3.8) is 0 Å². The van der Waals surface area contributed by atoms with Crippen LogP contribution >= 0.6 is 11.6 Å². The van der Waals surface area contributed by atoms with E-state index in [1.165, 1.54) is 10.4 Å². The fourth-order valence-corrected chi connectivity index (χ4v) is 3.61. The number of hydrogen-bond acceptors (Lipinski definition) is 3. The highest BCUT2D eigenvalue weighted by atomic mass is 35.5. The topological polar surface area (TPSA) is 50.5 Å². The van der Waals surface area contributed by atoms with Crippen LogP contribution < -0.4 is 0 Å². The van der Waals surface area contributed by atoms with Crippen LogP contribution in [0.25, 0.3) is 0 Å². The SMILES string of the molecule is Cc1oc(CCl)cc1S(=O)(=O)N(C)C(C)C(C)(C)C. The Bertz CT molecular complexity index is 543. The first-order valence-corrected chi connectivity index (χ1v) is 8.12. The molecule has 0 radical (unpaired) electrons. The van der Waals surface area contributed by atoms with Crippen molar-refractivity contribution in [3.8, 4) is 0 Å². The van der Waals surface area contributed by atoms with Crippen LogP contribution in [0.5, 0.6) is 0 Å². The van der Waals surface area contributed by atoms with E-state index in [-0.39, 0.29) is 22.2 Å². The van der Waals surface area contributed by atoms with E-state index in [0.717, 1.165) is 0 Å². The summed E-state index contributed by atoms with van der Waals surface area (Å²) in [7, 11) is -1.97. The second-order valence-electron chi connectivity index (χ2n) is 5.83. The van der Waals surface area contributed by atoms with Crippen LogP contribution in [-0.4, -0.2) is 25.8 Å². The molecule has 0 saturated carbocycles. The van der Waals surface area contributed by atoms with Gasteiger partial charge in [0.05, 0.1) is 5.88 Å². The van der Waals surface area contributed by atoms with Crippen molar-refractivity contribution in [3.05, 3.63) is 17.6 Å². The summed E-state index contributed by atoms with van der Waals surface area (Å²) in [4.78, 5) is 0.196. The monoisotopic (exact) mass is 307 g/mol. The van der Waals surface area contributed by atoms with E-state index >= 15 is 0 Å². The number of halogens is 1. The third kappa shape index (κ3) is 3.33. The van der Waals surface area contributed by atoms with Gasteiger partial charge in [-0.1, -0.05) is 20.8 Å². The van der Waals surface area contributed by atoms with Gasteiger partial charge in [-0.2, -0.15) is 4.31 Å². The van der Waals surface area contributed by atoms with E-state index in [9.17, 15) is 8.42 Å². The second kappa shape index (κ2) is 5.46. The summed E-state index contributed by atoms with van der Waals surface area (Å²) >= 11 is 5.67. The van der Waals surface area contributed by atoms with Crippen molar-refractivity contribution in [2.24, 2.45) is 5.41 Å². The Morgan fingerprint density at radius 2 is 1.95 bits per heavy atom. The molecule has 4 nitrogen and oxygen atoms in total. The fourth-order valence-electron chi connectivity index (χ4n) is 1.75. The van der Waals surface area contributed by atoms with Gasteiger partial charge in [-0.25, -0.2) is 8.42 Å². The maximum Gasteiger partial charge on any atom is 0.246 e. The van der Waals surface area contributed by atoms with Crippen LogP contribution in [0.2, 0.25) is 0 Å². The van der Waals surface area contributed by atoms with E-state index < -0.39 is 10.0 Å². The van der Waals surface area contributed by atoms with Gasteiger partial charge in [0.2, 0.25) is 10.0 Å². The maximum atomic E-state index is 12.6. The second-order valence-corrected chi connectivity index (χ2v) is 8.06. The number of furan rings is 1. The summed E-state index contributed by atoms with van der Waals surface area (Å²) < 4.78 is 31.9. The van der Waals surface area contributed by atoms with E-state index in [1.54, 1.807) is 14.0 Å². The van der Waals surface area contributed by atoms with Crippen LogP contribution in [0.3, 0.4) is 0 Å². The minimum Gasteiger partial charge on any atom is -0.464 e. The zero-order chi connectivity index (χ0) is 15.0. The Kier molecular flexibility index (Phi) is 4.75. The Balaban J connectivity index is 3.20. The lowest BCUT2D eigenvalue weighted by molar-refractivity contribution is 0.216. The molecule has 0 saturated heterocycles. The Morgan fingerprint density at radius 3 is 2.32 bits per heavy atom. The summed E-state index contributed by atoms with van der Waals surface area (Å²) in [5, 5.41) is 0. The van der Waals surface area contributed by atoms with E-state index in [2.05, 4.69) is 0 Å². The molecule has 0 aliphatic heterocycles. The van der Waals surface area contributed by atoms with E-state index in [1.807, 2.05) is 27.7 Å². The van der Waals surface area contributed by atoms with Crippen LogP contribution in [0, 0.1) is 12.3 Å². The highest BCUT2D eigenvalue weighted by molar-refractivity contribution is 7.89. The molecule has 19 heavy (non-hydrogen) atoms. The molecule has 0 amide bonds. The molecule has 0 spiro atoms. The highest BCUT2D eigenvalue weighted by Gasteiger charge is 2.34. The third-order valence-corrected chi connectivity index (χ3v) is 5.81. The third-order valence-electron chi connectivity index (χ3n) is 3.51. The minimum atomic E-state index is -3.56. The van der Waals surface area contributed by atoms with Crippen molar-refractivity contribution < 1.29 is 12.8 Å². The summed E-state index contributed by atoms with van der Waals surface area (Å²) in [5.74, 6) is 1.01. The normalized spacial score (nSPS) is 14.9. The van der Waals surface area contributed by atoms with Gasteiger partial charge in [-0.3, -0.25) is 0 Å². The smallest absolute Gasteiger partial charge is 0.246 e. The Morgan fingerprint density at radius 1 is 1.42 bits per heavy atom. The number of nitrogens with zero attached hydrogens (tertiary/aromatic N) is 1. The lowest BCUT2D eigenvalue weighted by atomic mass is 9.88. The van der Waals surface area contributed by atoms with Crippen molar-refractivity contribution in [1.82, 2.24) is 4.31 Å². The quantitative estimate of drug-likeness (QED) is 0.801. The average molecular weight is 308 g/mol. The zero-order valence-electron chi connectivity index (χ0n) is 12.3. The average Bonchev–Trinajstić information content (AvgIpc) is 2.68. The lowest BCUT2D eigenvalue weighted by Gasteiger charge is -2.34. The molecule has 1 aromatic rings. The van der Waals surface area contributed by atoms with Crippen molar-refractivity contribution >= 4 is 21.6 Å². The van der Waals surface area contributed by atoms with Gasteiger partial charge in [-0.15, -0.1) is 11.6 Å². The standard InChI is InChI=1S/C13H22ClNO3S/c1-9-12(7-11(8-14)18-9)19(16,17)15(6)10(2)13(3,4)5/h7,10H,8H2,1-6H3. The lowest BCUT2D eigenvalue weighted by Crippen LogP contribution is -2.42. The Hall–Kier alpha value is -0.520.